The lowest BCUT2D eigenvalue weighted by atomic mass is 9.79. The molecule has 0 amide bonds. The molecule has 2 fully saturated rings. The number of nitrogens with zero attached hydrogens (tertiary/aromatic N) is 2. The highest BCUT2D eigenvalue weighted by Crippen LogP contribution is 2.36. The van der Waals surface area contributed by atoms with Crippen molar-refractivity contribution in [2.75, 3.05) is 18.0 Å². The van der Waals surface area contributed by atoms with Crippen LogP contribution in [0.2, 0.25) is 0 Å². The number of aromatic nitrogens is 1. The topological polar surface area (TPSA) is 51.7 Å². The van der Waals surface area contributed by atoms with E-state index in [1.165, 1.54) is 0 Å². The summed E-state index contributed by atoms with van der Waals surface area (Å²) in [7, 11) is -0.393. The molecule has 5 nitrogen and oxygen atoms in total. The Morgan fingerprint density at radius 2 is 1.90 bits per heavy atom. The van der Waals surface area contributed by atoms with Crippen molar-refractivity contribution in [3.63, 3.8) is 0 Å². The van der Waals surface area contributed by atoms with Crippen LogP contribution in [0.4, 0.5) is 5.82 Å². The van der Waals surface area contributed by atoms with Crippen molar-refractivity contribution in [2.24, 2.45) is 0 Å². The maximum absolute atomic E-state index is 11.4. The zero-order valence-electron chi connectivity index (χ0n) is 13.0. The first kappa shape index (κ1) is 14.5. The monoisotopic (exact) mass is 288 g/mol. The summed E-state index contributed by atoms with van der Waals surface area (Å²) in [5, 5.41) is 0. The third kappa shape index (κ3) is 2.58. The Balaban J connectivity index is 1.83. The second kappa shape index (κ2) is 4.82. The summed E-state index contributed by atoms with van der Waals surface area (Å²) in [6.07, 6.45) is 2.35. The predicted molar refractivity (Wildman–Crippen MR) is 81.8 cm³/mol. The van der Waals surface area contributed by atoms with Crippen LogP contribution in [-0.4, -0.2) is 42.2 Å². The number of pyridine rings is 1. The van der Waals surface area contributed by atoms with Crippen molar-refractivity contribution in [1.82, 2.24) is 4.98 Å². The van der Waals surface area contributed by atoms with Crippen molar-refractivity contribution in [3.05, 3.63) is 18.3 Å². The first-order chi connectivity index (χ1) is 9.78. The van der Waals surface area contributed by atoms with Gasteiger partial charge in [-0.25, -0.2) is 4.98 Å². The summed E-state index contributed by atoms with van der Waals surface area (Å²) < 4.78 is 12.1. The van der Waals surface area contributed by atoms with Gasteiger partial charge in [-0.15, -0.1) is 0 Å². The van der Waals surface area contributed by atoms with E-state index < -0.39 is 7.12 Å². The minimum atomic E-state index is -0.393. The summed E-state index contributed by atoms with van der Waals surface area (Å²) >= 11 is 0. The molecule has 21 heavy (non-hydrogen) atoms. The van der Waals surface area contributed by atoms with Gasteiger partial charge >= 0.3 is 7.12 Å². The molecular formula is C15H21BN2O3. The zero-order valence-corrected chi connectivity index (χ0v) is 13.0. The Hall–Kier alpha value is -1.40. The fourth-order valence-electron chi connectivity index (χ4n) is 2.56. The first-order valence-electron chi connectivity index (χ1n) is 7.37. The number of carbonyl (C=O) groups is 1. The van der Waals surface area contributed by atoms with Gasteiger partial charge in [0.1, 0.15) is 5.82 Å². The minimum absolute atomic E-state index is 0.262. The van der Waals surface area contributed by atoms with Crippen LogP contribution in [0.15, 0.2) is 18.3 Å². The lowest BCUT2D eigenvalue weighted by Gasteiger charge is -2.32. The highest BCUT2D eigenvalue weighted by Gasteiger charge is 2.51. The van der Waals surface area contributed by atoms with Gasteiger partial charge in [-0.1, -0.05) is 0 Å². The van der Waals surface area contributed by atoms with E-state index in [4.69, 9.17) is 9.31 Å². The van der Waals surface area contributed by atoms with Gasteiger partial charge in [-0.3, -0.25) is 4.79 Å². The lowest BCUT2D eigenvalue weighted by Crippen LogP contribution is -2.41. The summed E-state index contributed by atoms with van der Waals surface area (Å²) in [5.74, 6) is 1.07. The lowest BCUT2D eigenvalue weighted by molar-refractivity contribution is -0.116. The van der Waals surface area contributed by atoms with Crippen molar-refractivity contribution in [1.29, 1.82) is 0 Å². The number of Topliss-reactive ketones (excluding diaryl/α,β-unsaturated/α-hetero) is 1. The molecule has 1 aromatic rings. The third-order valence-electron chi connectivity index (χ3n) is 4.65. The van der Waals surface area contributed by atoms with Crippen molar-refractivity contribution < 1.29 is 14.1 Å². The molecule has 112 valence electrons. The largest absolute Gasteiger partial charge is 0.495 e. The van der Waals surface area contributed by atoms with Gasteiger partial charge in [0.05, 0.1) is 17.7 Å². The number of anilines is 1. The van der Waals surface area contributed by atoms with Crippen molar-refractivity contribution in [3.8, 4) is 0 Å². The molecule has 0 saturated carbocycles. The molecule has 2 aliphatic heterocycles. The quantitative estimate of drug-likeness (QED) is 0.764. The minimum Gasteiger partial charge on any atom is -0.399 e. The molecule has 0 aliphatic carbocycles. The van der Waals surface area contributed by atoms with Crippen LogP contribution in [-0.2, 0) is 14.1 Å². The molecule has 0 radical (unpaired) electrons. The summed E-state index contributed by atoms with van der Waals surface area (Å²) in [6, 6.07) is 3.87. The molecular weight excluding hydrogens is 267 g/mol. The second-order valence-corrected chi connectivity index (χ2v) is 6.75. The van der Waals surface area contributed by atoms with E-state index >= 15 is 0 Å². The average Bonchev–Trinajstić information content (AvgIpc) is 2.92. The van der Waals surface area contributed by atoms with Gasteiger partial charge in [-0.05, 0) is 45.3 Å². The molecule has 0 atom stereocenters. The van der Waals surface area contributed by atoms with E-state index in [-0.39, 0.29) is 17.0 Å². The van der Waals surface area contributed by atoms with Gasteiger partial charge in [0.15, 0.2) is 5.78 Å². The number of ketones is 1. The van der Waals surface area contributed by atoms with Crippen LogP contribution in [0.3, 0.4) is 0 Å². The van der Waals surface area contributed by atoms with Crippen LogP contribution >= 0.6 is 0 Å². The molecule has 0 bridgehead atoms. The molecule has 3 rings (SSSR count). The van der Waals surface area contributed by atoms with Gasteiger partial charge < -0.3 is 14.2 Å². The van der Waals surface area contributed by atoms with E-state index in [2.05, 4.69) is 4.98 Å². The molecule has 2 aliphatic rings. The highest BCUT2D eigenvalue weighted by atomic mass is 16.7. The Kier molecular flexibility index (Phi) is 3.33. The normalized spacial score (nSPS) is 23.9. The summed E-state index contributed by atoms with van der Waals surface area (Å²) in [6.45, 7) is 9.32. The SMILES string of the molecule is CC1(C)OB(c2ccnc(N3CCC(=O)C3)c2)OC1(C)C. The maximum atomic E-state index is 11.4. The highest BCUT2D eigenvalue weighted by molar-refractivity contribution is 6.62. The summed E-state index contributed by atoms with van der Waals surface area (Å²) in [4.78, 5) is 17.8. The second-order valence-electron chi connectivity index (χ2n) is 6.75. The van der Waals surface area contributed by atoms with Crippen molar-refractivity contribution in [2.45, 2.75) is 45.3 Å². The Bertz CT molecular complexity index is 558. The van der Waals surface area contributed by atoms with Gasteiger partial charge in [0.25, 0.3) is 0 Å². The van der Waals surface area contributed by atoms with E-state index in [1.807, 2.05) is 44.7 Å². The van der Waals surface area contributed by atoms with Crippen LogP contribution in [0.5, 0.6) is 0 Å². The number of carbonyl (C=O) groups excluding carboxylic acids is 1. The van der Waals surface area contributed by atoms with Gasteiger partial charge in [0, 0.05) is 19.2 Å². The van der Waals surface area contributed by atoms with Gasteiger partial charge in [0.2, 0.25) is 0 Å². The molecule has 0 unspecified atom stereocenters. The standard InChI is InChI=1S/C15H21BN2O3/c1-14(2)15(3,4)21-16(20-14)11-5-7-17-13(9-11)18-8-6-12(19)10-18/h5,7,9H,6,8,10H2,1-4H3. The number of hydrogen-bond donors (Lipinski definition) is 0. The third-order valence-corrected chi connectivity index (χ3v) is 4.65. The summed E-state index contributed by atoms with van der Waals surface area (Å²) in [5.41, 5.74) is 0.230. The van der Waals surface area contributed by atoms with Gasteiger partial charge in [-0.2, -0.15) is 0 Å². The van der Waals surface area contributed by atoms with Crippen LogP contribution in [0.1, 0.15) is 34.1 Å². The van der Waals surface area contributed by atoms with E-state index in [0.717, 1.165) is 17.8 Å². The molecule has 1 aromatic heterocycles. The van der Waals surface area contributed by atoms with E-state index in [9.17, 15) is 4.79 Å². The zero-order chi connectivity index (χ0) is 15.3. The molecule has 2 saturated heterocycles. The van der Waals surface area contributed by atoms with Crippen molar-refractivity contribution >= 4 is 24.2 Å². The fourth-order valence-corrected chi connectivity index (χ4v) is 2.56. The molecule has 0 spiro atoms. The Morgan fingerprint density at radius 3 is 2.48 bits per heavy atom. The number of rotatable bonds is 2. The molecule has 6 heteroatoms. The van der Waals surface area contributed by atoms with E-state index in [0.29, 0.717) is 13.0 Å². The predicted octanol–water partition coefficient (Wildman–Crippen LogP) is 1.16. The maximum Gasteiger partial charge on any atom is 0.495 e. The fraction of sp³-hybridized carbons (Fsp3) is 0.600. The van der Waals surface area contributed by atoms with Crippen LogP contribution in [0, 0.1) is 0 Å². The molecule has 3 heterocycles. The Labute approximate surface area is 125 Å². The molecule has 0 aromatic carbocycles. The van der Waals surface area contributed by atoms with Crippen LogP contribution in [0.25, 0.3) is 0 Å². The number of hydrogen-bond acceptors (Lipinski definition) is 5. The average molecular weight is 288 g/mol. The smallest absolute Gasteiger partial charge is 0.399 e. The van der Waals surface area contributed by atoms with Crippen LogP contribution < -0.4 is 10.4 Å². The van der Waals surface area contributed by atoms with E-state index in [1.54, 1.807) is 6.20 Å². The first-order valence-corrected chi connectivity index (χ1v) is 7.37. The molecule has 0 N–H and O–H groups in total. The Morgan fingerprint density at radius 1 is 1.24 bits per heavy atom.